The average molecular weight is 237 g/mol. The van der Waals surface area contributed by atoms with Crippen LogP contribution in [-0.4, -0.2) is 17.7 Å². The van der Waals surface area contributed by atoms with Gasteiger partial charge >= 0.3 is 0 Å². The highest BCUT2D eigenvalue weighted by molar-refractivity contribution is 5.85. The van der Waals surface area contributed by atoms with Crippen LogP contribution < -0.4 is 4.90 Å². The molecule has 3 rings (SSSR count). The molecule has 1 aromatic heterocycles. The third-order valence-electron chi connectivity index (χ3n) is 3.16. The van der Waals surface area contributed by atoms with Gasteiger partial charge in [-0.2, -0.15) is 0 Å². The van der Waals surface area contributed by atoms with Crippen LogP contribution in [0.1, 0.15) is 12.5 Å². The van der Waals surface area contributed by atoms with E-state index >= 15 is 0 Å². The number of aromatic nitrogens is 1. The normalized spacial score (nSPS) is 13.5. The summed E-state index contributed by atoms with van der Waals surface area (Å²) in [7, 11) is 0. The SMILES string of the molecule is CCc1ccnc(N2CC=Nc3ccccc32)c1. The van der Waals surface area contributed by atoms with Crippen molar-refractivity contribution in [3.05, 3.63) is 48.2 Å². The monoisotopic (exact) mass is 237 g/mol. The van der Waals surface area contributed by atoms with Crippen LogP contribution >= 0.6 is 0 Å². The molecule has 0 spiro atoms. The van der Waals surface area contributed by atoms with Crippen molar-refractivity contribution < 1.29 is 0 Å². The number of anilines is 2. The summed E-state index contributed by atoms with van der Waals surface area (Å²) in [5.41, 5.74) is 3.44. The molecule has 18 heavy (non-hydrogen) atoms. The lowest BCUT2D eigenvalue weighted by Gasteiger charge is -2.26. The van der Waals surface area contributed by atoms with Crippen LogP contribution in [0.2, 0.25) is 0 Å². The van der Waals surface area contributed by atoms with Crippen molar-refractivity contribution in [3.63, 3.8) is 0 Å². The highest BCUT2D eigenvalue weighted by Crippen LogP contribution is 2.34. The number of para-hydroxylation sites is 2. The van der Waals surface area contributed by atoms with E-state index in [1.807, 2.05) is 30.6 Å². The second-order valence-corrected chi connectivity index (χ2v) is 4.29. The molecule has 90 valence electrons. The van der Waals surface area contributed by atoms with Crippen LogP contribution in [0.5, 0.6) is 0 Å². The number of fused-ring (bicyclic) bond motifs is 1. The summed E-state index contributed by atoms with van der Waals surface area (Å²) < 4.78 is 0. The number of hydrogen-bond donors (Lipinski definition) is 0. The topological polar surface area (TPSA) is 28.5 Å². The highest BCUT2D eigenvalue weighted by atomic mass is 15.2. The summed E-state index contributed by atoms with van der Waals surface area (Å²) >= 11 is 0. The number of hydrogen-bond acceptors (Lipinski definition) is 3. The van der Waals surface area contributed by atoms with Crippen LogP contribution in [0.25, 0.3) is 0 Å². The number of rotatable bonds is 2. The molecule has 2 aromatic rings. The first-order chi connectivity index (χ1) is 8.88. The number of benzene rings is 1. The van der Waals surface area contributed by atoms with Crippen molar-refractivity contribution in [2.75, 3.05) is 11.4 Å². The largest absolute Gasteiger partial charge is 0.319 e. The molecule has 1 aliphatic heterocycles. The Morgan fingerprint density at radius 3 is 3.00 bits per heavy atom. The minimum atomic E-state index is 0.775. The van der Waals surface area contributed by atoms with Gasteiger partial charge in [0.1, 0.15) is 5.82 Å². The second-order valence-electron chi connectivity index (χ2n) is 4.29. The molecular formula is C15H15N3. The molecule has 0 aliphatic carbocycles. The van der Waals surface area contributed by atoms with Crippen LogP contribution in [0.3, 0.4) is 0 Å². The summed E-state index contributed by atoms with van der Waals surface area (Å²) in [6.45, 7) is 2.93. The lowest BCUT2D eigenvalue weighted by Crippen LogP contribution is -2.22. The van der Waals surface area contributed by atoms with Crippen LogP contribution in [-0.2, 0) is 6.42 Å². The lowest BCUT2D eigenvalue weighted by atomic mass is 10.2. The van der Waals surface area contributed by atoms with Gasteiger partial charge in [0.25, 0.3) is 0 Å². The zero-order valence-corrected chi connectivity index (χ0v) is 10.4. The van der Waals surface area contributed by atoms with E-state index in [2.05, 4.69) is 40.0 Å². The first-order valence-corrected chi connectivity index (χ1v) is 6.22. The average Bonchev–Trinajstić information content (AvgIpc) is 2.47. The molecule has 0 N–H and O–H groups in total. The van der Waals surface area contributed by atoms with E-state index in [0.717, 1.165) is 30.2 Å². The Hall–Kier alpha value is -2.16. The Balaban J connectivity index is 2.05. The molecule has 0 saturated heterocycles. The Bertz CT molecular complexity index is 590. The van der Waals surface area contributed by atoms with Crippen LogP contribution in [0.4, 0.5) is 17.2 Å². The predicted molar refractivity (Wildman–Crippen MR) is 75.2 cm³/mol. The summed E-state index contributed by atoms with van der Waals surface area (Å²) in [6.07, 6.45) is 4.84. The first-order valence-electron chi connectivity index (χ1n) is 6.22. The van der Waals surface area contributed by atoms with E-state index < -0.39 is 0 Å². The maximum Gasteiger partial charge on any atom is 0.133 e. The Morgan fingerprint density at radius 2 is 2.11 bits per heavy atom. The van der Waals surface area contributed by atoms with Crippen molar-refractivity contribution >= 4 is 23.4 Å². The van der Waals surface area contributed by atoms with Crippen molar-refractivity contribution in [1.82, 2.24) is 4.98 Å². The van der Waals surface area contributed by atoms with Crippen LogP contribution in [0.15, 0.2) is 47.6 Å². The molecular weight excluding hydrogens is 222 g/mol. The number of nitrogens with zero attached hydrogens (tertiary/aromatic N) is 3. The van der Waals surface area contributed by atoms with E-state index in [0.29, 0.717) is 0 Å². The molecule has 0 radical (unpaired) electrons. The highest BCUT2D eigenvalue weighted by Gasteiger charge is 2.16. The van der Waals surface area contributed by atoms with Gasteiger partial charge in [0.05, 0.1) is 17.9 Å². The molecule has 2 heterocycles. The molecule has 0 bridgehead atoms. The van der Waals surface area contributed by atoms with Gasteiger partial charge < -0.3 is 4.90 Å². The molecule has 0 saturated carbocycles. The van der Waals surface area contributed by atoms with Crippen molar-refractivity contribution in [1.29, 1.82) is 0 Å². The number of aryl methyl sites for hydroxylation is 1. The molecule has 0 amide bonds. The fourth-order valence-electron chi connectivity index (χ4n) is 2.17. The number of pyridine rings is 1. The zero-order valence-electron chi connectivity index (χ0n) is 10.4. The van der Waals surface area contributed by atoms with E-state index in [-0.39, 0.29) is 0 Å². The van der Waals surface area contributed by atoms with Gasteiger partial charge in [-0.1, -0.05) is 19.1 Å². The minimum absolute atomic E-state index is 0.775. The molecule has 0 unspecified atom stereocenters. The third kappa shape index (κ3) is 1.88. The maximum atomic E-state index is 4.47. The Labute approximate surface area is 107 Å². The van der Waals surface area contributed by atoms with E-state index in [1.165, 1.54) is 5.56 Å². The quantitative estimate of drug-likeness (QED) is 0.799. The fraction of sp³-hybridized carbons (Fsp3) is 0.200. The van der Waals surface area contributed by atoms with Crippen molar-refractivity contribution in [3.8, 4) is 0 Å². The van der Waals surface area contributed by atoms with Gasteiger partial charge in [0.15, 0.2) is 0 Å². The summed E-state index contributed by atoms with van der Waals surface area (Å²) in [4.78, 5) is 11.1. The van der Waals surface area contributed by atoms with Gasteiger partial charge in [0, 0.05) is 12.4 Å². The molecule has 3 nitrogen and oxygen atoms in total. The number of aliphatic imine (C=N–C) groups is 1. The van der Waals surface area contributed by atoms with Gasteiger partial charge in [-0.25, -0.2) is 4.98 Å². The first kappa shape index (κ1) is 11.0. The fourth-order valence-corrected chi connectivity index (χ4v) is 2.17. The van der Waals surface area contributed by atoms with Gasteiger partial charge in [-0.3, -0.25) is 4.99 Å². The van der Waals surface area contributed by atoms with Crippen molar-refractivity contribution in [2.45, 2.75) is 13.3 Å². The zero-order chi connectivity index (χ0) is 12.4. The summed E-state index contributed by atoms with van der Waals surface area (Å²) in [5, 5.41) is 0. The molecule has 1 aliphatic rings. The summed E-state index contributed by atoms with van der Waals surface area (Å²) in [5.74, 6) is 0.993. The van der Waals surface area contributed by atoms with Gasteiger partial charge in [0.2, 0.25) is 0 Å². The molecule has 1 aromatic carbocycles. The van der Waals surface area contributed by atoms with E-state index in [4.69, 9.17) is 0 Å². The Morgan fingerprint density at radius 1 is 1.22 bits per heavy atom. The maximum absolute atomic E-state index is 4.47. The smallest absolute Gasteiger partial charge is 0.133 e. The second kappa shape index (κ2) is 4.61. The standard InChI is InChI=1S/C15H15N3/c1-2-12-7-8-17-15(11-12)18-10-9-16-13-5-3-4-6-14(13)18/h3-9,11H,2,10H2,1H3. The van der Waals surface area contributed by atoms with Gasteiger partial charge in [-0.15, -0.1) is 0 Å². The lowest BCUT2D eigenvalue weighted by molar-refractivity contribution is 1.04. The van der Waals surface area contributed by atoms with E-state index in [1.54, 1.807) is 0 Å². The minimum Gasteiger partial charge on any atom is -0.319 e. The predicted octanol–water partition coefficient (Wildman–Crippen LogP) is 3.50. The summed E-state index contributed by atoms with van der Waals surface area (Å²) in [6, 6.07) is 12.4. The van der Waals surface area contributed by atoms with E-state index in [9.17, 15) is 0 Å². The third-order valence-corrected chi connectivity index (χ3v) is 3.16. The molecule has 0 atom stereocenters. The van der Waals surface area contributed by atoms with Crippen LogP contribution in [0, 0.1) is 0 Å². The van der Waals surface area contributed by atoms with Crippen molar-refractivity contribution in [2.24, 2.45) is 4.99 Å². The molecule has 0 fully saturated rings. The van der Waals surface area contributed by atoms with Gasteiger partial charge in [-0.05, 0) is 36.2 Å². The molecule has 3 heteroatoms. The Kier molecular flexibility index (Phi) is 2.81.